The quantitative estimate of drug-likeness (QED) is 0.191. The fourth-order valence-corrected chi connectivity index (χ4v) is 5.43. The Morgan fingerprint density at radius 3 is 2.50 bits per heavy atom. The number of carbonyl (C=O) groups excluding carboxylic acids is 2. The number of carbonyl (C=O) groups is 2. The number of anilines is 1. The predicted octanol–water partition coefficient (Wildman–Crippen LogP) is 2.87. The molecule has 0 spiro atoms. The summed E-state index contributed by atoms with van der Waals surface area (Å²) < 4.78 is 43.9. The van der Waals surface area contributed by atoms with E-state index in [1.807, 2.05) is 24.3 Å². The van der Waals surface area contributed by atoms with E-state index in [-0.39, 0.29) is 37.7 Å². The number of benzene rings is 3. The molecule has 0 unspecified atom stereocenters. The van der Waals surface area contributed by atoms with Gasteiger partial charge in [0.25, 0.3) is 0 Å². The number of ether oxygens (including phenoxy) is 3. The van der Waals surface area contributed by atoms with Gasteiger partial charge >= 0.3 is 6.03 Å². The van der Waals surface area contributed by atoms with Crippen molar-refractivity contribution in [1.29, 1.82) is 0 Å². The number of sulfonamides is 1. The third kappa shape index (κ3) is 7.40. The summed E-state index contributed by atoms with van der Waals surface area (Å²) in [6.45, 7) is 0.368. The minimum absolute atomic E-state index is 0.00568. The van der Waals surface area contributed by atoms with Crippen molar-refractivity contribution in [2.45, 2.75) is 24.3 Å². The summed E-state index contributed by atoms with van der Waals surface area (Å²) in [4.78, 5) is 24.0. The number of nitrogens with one attached hydrogen (secondary N) is 3. The van der Waals surface area contributed by atoms with Gasteiger partial charge in [-0.15, -0.1) is 0 Å². The van der Waals surface area contributed by atoms with Crippen LogP contribution < -0.4 is 30.3 Å². The van der Waals surface area contributed by atoms with Gasteiger partial charge in [-0.2, -0.15) is 4.31 Å². The molecule has 0 atom stereocenters. The van der Waals surface area contributed by atoms with Crippen LogP contribution in [0.15, 0.2) is 71.6 Å². The molecular formula is C27H30N4O8S. The van der Waals surface area contributed by atoms with Crippen molar-refractivity contribution in [3.05, 3.63) is 77.9 Å². The molecule has 0 saturated carbocycles. The van der Waals surface area contributed by atoms with Gasteiger partial charge in [0, 0.05) is 31.7 Å². The topological polar surface area (TPSA) is 156 Å². The van der Waals surface area contributed by atoms with Gasteiger partial charge in [-0.1, -0.05) is 18.2 Å². The van der Waals surface area contributed by atoms with Crippen molar-refractivity contribution < 1.29 is 37.4 Å². The number of hydrogen-bond acceptors (Lipinski definition) is 8. The Labute approximate surface area is 231 Å². The molecule has 3 amide bonds. The maximum absolute atomic E-state index is 13.4. The standard InChI is InChI=1S/C27H30N4O8S/c1-37-22-4-2-3-19(15-22)11-13-31(14-12-26(32)30-34)40(35,36)23-8-6-21(7-9-23)29-27(33)28-17-20-5-10-24-25(16-20)39-18-38-24/h2-10,15-16,34H,11-14,17-18H2,1H3,(H,30,32)(H2,28,29,33). The first-order valence-electron chi connectivity index (χ1n) is 12.4. The molecule has 0 aliphatic carbocycles. The SMILES string of the molecule is COc1cccc(CCN(CCC(=O)NO)S(=O)(=O)c2ccc(NC(=O)NCc3ccc4c(c3)OCO4)cc2)c1. The molecule has 13 heteroatoms. The monoisotopic (exact) mass is 570 g/mol. The van der Waals surface area contributed by atoms with Crippen LogP contribution in [0.25, 0.3) is 0 Å². The summed E-state index contributed by atoms with van der Waals surface area (Å²) in [6.07, 6.45) is 0.150. The fourth-order valence-electron chi connectivity index (χ4n) is 3.98. The van der Waals surface area contributed by atoms with E-state index in [4.69, 9.17) is 19.4 Å². The first-order chi connectivity index (χ1) is 19.3. The maximum Gasteiger partial charge on any atom is 0.319 e. The zero-order valence-corrected chi connectivity index (χ0v) is 22.6. The highest BCUT2D eigenvalue weighted by Gasteiger charge is 2.25. The molecule has 40 heavy (non-hydrogen) atoms. The molecule has 1 aliphatic rings. The summed E-state index contributed by atoms with van der Waals surface area (Å²) >= 11 is 0. The molecule has 1 aliphatic heterocycles. The first-order valence-corrected chi connectivity index (χ1v) is 13.8. The lowest BCUT2D eigenvalue weighted by Gasteiger charge is -2.22. The third-order valence-corrected chi connectivity index (χ3v) is 8.05. The van der Waals surface area contributed by atoms with Crippen LogP contribution in [0.5, 0.6) is 17.2 Å². The van der Waals surface area contributed by atoms with Crippen LogP contribution >= 0.6 is 0 Å². The molecule has 4 N–H and O–H groups in total. The van der Waals surface area contributed by atoms with Crippen LogP contribution in [0.4, 0.5) is 10.5 Å². The average Bonchev–Trinajstić information content (AvgIpc) is 3.44. The highest BCUT2D eigenvalue weighted by molar-refractivity contribution is 7.89. The van der Waals surface area contributed by atoms with Gasteiger partial charge in [0.1, 0.15) is 5.75 Å². The molecule has 3 aromatic carbocycles. The summed E-state index contributed by atoms with van der Waals surface area (Å²) in [6, 6.07) is 17.9. The normalized spacial score (nSPS) is 12.2. The number of hydrogen-bond donors (Lipinski definition) is 4. The van der Waals surface area contributed by atoms with Gasteiger partial charge < -0.3 is 24.8 Å². The highest BCUT2D eigenvalue weighted by Crippen LogP contribution is 2.32. The summed E-state index contributed by atoms with van der Waals surface area (Å²) in [7, 11) is -2.45. The lowest BCUT2D eigenvalue weighted by Crippen LogP contribution is -2.36. The minimum Gasteiger partial charge on any atom is -0.497 e. The molecule has 0 aromatic heterocycles. The van der Waals surface area contributed by atoms with Crippen LogP contribution in [0.1, 0.15) is 17.5 Å². The number of rotatable bonds is 12. The van der Waals surface area contributed by atoms with Crippen LogP contribution in [-0.2, 0) is 27.8 Å². The van der Waals surface area contributed by atoms with Gasteiger partial charge in [0.05, 0.1) is 12.0 Å². The Bertz CT molecular complexity index is 1450. The Morgan fingerprint density at radius 1 is 0.975 bits per heavy atom. The summed E-state index contributed by atoms with van der Waals surface area (Å²) in [5.41, 5.74) is 3.60. The van der Waals surface area contributed by atoms with E-state index >= 15 is 0 Å². The number of fused-ring (bicyclic) bond motifs is 1. The van der Waals surface area contributed by atoms with Gasteiger partial charge in [0.15, 0.2) is 11.5 Å². The van der Waals surface area contributed by atoms with E-state index in [1.54, 1.807) is 25.3 Å². The smallest absolute Gasteiger partial charge is 0.319 e. The van der Waals surface area contributed by atoms with Gasteiger partial charge in [0.2, 0.25) is 22.7 Å². The number of nitrogens with zero attached hydrogens (tertiary/aromatic N) is 1. The second kappa shape index (κ2) is 13.2. The number of methoxy groups -OCH3 is 1. The van der Waals surface area contributed by atoms with Crippen molar-refractivity contribution in [3.63, 3.8) is 0 Å². The first kappa shape index (κ1) is 28.7. The van der Waals surface area contributed by atoms with E-state index in [9.17, 15) is 18.0 Å². The van der Waals surface area contributed by atoms with Crippen LogP contribution in [0.2, 0.25) is 0 Å². The summed E-state index contributed by atoms with van der Waals surface area (Å²) in [5, 5.41) is 14.2. The van der Waals surface area contributed by atoms with Crippen molar-refractivity contribution in [3.8, 4) is 17.2 Å². The number of hydroxylamine groups is 1. The molecule has 4 rings (SSSR count). The van der Waals surface area contributed by atoms with Gasteiger partial charge in [-0.3, -0.25) is 10.0 Å². The molecule has 3 aromatic rings. The molecule has 0 radical (unpaired) electrons. The van der Waals surface area contributed by atoms with E-state index in [0.717, 1.165) is 11.1 Å². The molecule has 212 valence electrons. The van der Waals surface area contributed by atoms with E-state index in [1.165, 1.54) is 34.1 Å². The molecule has 1 heterocycles. The van der Waals surface area contributed by atoms with Crippen LogP contribution in [0.3, 0.4) is 0 Å². The number of urea groups is 1. The molecule has 0 fully saturated rings. The van der Waals surface area contributed by atoms with Crippen LogP contribution in [0, 0.1) is 0 Å². The maximum atomic E-state index is 13.4. The zero-order valence-electron chi connectivity index (χ0n) is 21.8. The van der Waals surface area contributed by atoms with Crippen molar-refractivity contribution >= 4 is 27.6 Å². The Hall–Kier alpha value is -4.33. The van der Waals surface area contributed by atoms with Crippen LogP contribution in [-0.4, -0.2) is 56.9 Å². The summed E-state index contributed by atoms with van der Waals surface area (Å²) in [5.74, 6) is 1.22. The Morgan fingerprint density at radius 2 is 1.75 bits per heavy atom. The Kier molecular flexibility index (Phi) is 9.43. The third-order valence-electron chi connectivity index (χ3n) is 6.14. The molecule has 0 saturated heterocycles. The largest absolute Gasteiger partial charge is 0.497 e. The fraction of sp³-hybridized carbons (Fsp3) is 0.259. The molecular weight excluding hydrogens is 540 g/mol. The molecule has 0 bridgehead atoms. The van der Waals surface area contributed by atoms with E-state index in [2.05, 4.69) is 10.6 Å². The average molecular weight is 571 g/mol. The van der Waals surface area contributed by atoms with Gasteiger partial charge in [-0.05, 0) is 66.1 Å². The second-order valence-corrected chi connectivity index (χ2v) is 10.7. The van der Waals surface area contributed by atoms with E-state index in [0.29, 0.717) is 29.4 Å². The van der Waals surface area contributed by atoms with Crippen molar-refractivity contribution in [2.24, 2.45) is 0 Å². The Balaban J connectivity index is 1.38. The molecule has 12 nitrogen and oxygen atoms in total. The zero-order chi connectivity index (χ0) is 28.5. The lowest BCUT2D eigenvalue weighted by atomic mass is 10.1. The highest BCUT2D eigenvalue weighted by atomic mass is 32.2. The van der Waals surface area contributed by atoms with Gasteiger partial charge in [-0.25, -0.2) is 18.7 Å². The number of amides is 3. The second-order valence-electron chi connectivity index (χ2n) is 8.81. The lowest BCUT2D eigenvalue weighted by molar-refractivity contribution is -0.129. The predicted molar refractivity (Wildman–Crippen MR) is 145 cm³/mol. The van der Waals surface area contributed by atoms with Crippen molar-refractivity contribution in [1.82, 2.24) is 15.1 Å². The minimum atomic E-state index is -4.00. The van der Waals surface area contributed by atoms with E-state index < -0.39 is 22.0 Å². The van der Waals surface area contributed by atoms with Crippen molar-refractivity contribution in [2.75, 3.05) is 32.3 Å².